The lowest BCUT2D eigenvalue weighted by Crippen LogP contribution is -2.16. The van der Waals surface area contributed by atoms with Crippen LogP contribution >= 0.6 is 34.7 Å². The molecule has 192 valence electrons. The topological polar surface area (TPSA) is 95.3 Å². The Morgan fingerprint density at radius 1 is 1.11 bits per heavy atom. The summed E-state index contributed by atoms with van der Waals surface area (Å²) in [5, 5.41) is 14.9. The van der Waals surface area contributed by atoms with Crippen molar-refractivity contribution in [3.8, 4) is 28.3 Å². The van der Waals surface area contributed by atoms with E-state index in [0.717, 1.165) is 11.1 Å². The molecule has 0 aliphatic rings. The summed E-state index contributed by atoms with van der Waals surface area (Å²) in [6, 6.07) is 14.8. The van der Waals surface area contributed by atoms with E-state index >= 15 is 0 Å². The molecule has 0 radical (unpaired) electrons. The third-order valence-electron chi connectivity index (χ3n) is 5.38. The van der Waals surface area contributed by atoms with Gasteiger partial charge in [0.25, 0.3) is 0 Å². The first kappa shape index (κ1) is 26.7. The highest BCUT2D eigenvalue weighted by molar-refractivity contribution is 7.99. The minimum atomic E-state index is -0.476. The van der Waals surface area contributed by atoms with Crippen molar-refractivity contribution in [2.75, 3.05) is 24.8 Å². The minimum Gasteiger partial charge on any atom is -0.496 e. The Hall–Kier alpha value is -3.34. The number of thiophene rings is 1. The molecule has 11 heteroatoms. The molecule has 2 heterocycles. The van der Waals surface area contributed by atoms with Crippen molar-refractivity contribution in [2.24, 2.45) is 0 Å². The first-order valence-electron chi connectivity index (χ1n) is 11.5. The Labute approximate surface area is 228 Å². The Morgan fingerprint density at radius 2 is 1.89 bits per heavy atom. The molecule has 0 aliphatic carbocycles. The summed E-state index contributed by atoms with van der Waals surface area (Å²) in [7, 11) is 1.58. The van der Waals surface area contributed by atoms with Crippen molar-refractivity contribution >= 4 is 51.6 Å². The molecule has 1 N–H and O–H groups in total. The van der Waals surface area contributed by atoms with Crippen molar-refractivity contribution in [2.45, 2.75) is 25.5 Å². The molecule has 0 saturated carbocycles. The number of aromatic nitrogens is 3. The molecule has 4 rings (SSSR count). The number of hydrogen-bond donors (Lipinski definition) is 1. The molecule has 0 spiro atoms. The van der Waals surface area contributed by atoms with Gasteiger partial charge < -0.3 is 19.4 Å². The van der Waals surface area contributed by atoms with Crippen LogP contribution in [0.15, 0.2) is 59.1 Å². The third kappa shape index (κ3) is 5.98. The SMILES string of the molecule is CCOC(=O)c1c(-c2ccccc2)csc1NC(=O)CSc1nnc(-c2cc(Cl)ccc2OC)n1CC. The monoisotopic (exact) mass is 556 g/mol. The number of carbonyl (C=O) groups is 2. The minimum absolute atomic E-state index is 0.0750. The summed E-state index contributed by atoms with van der Waals surface area (Å²) in [4.78, 5) is 25.7. The number of methoxy groups -OCH3 is 1. The Kier molecular flexibility index (Phi) is 8.86. The van der Waals surface area contributed by atoms with E-state index in [-0.39, 0.29) is 18.3 Å². The molecule has 4 aromatic rings. The molecule has 2 aromatic carbocycles. The summed E-state index contributed by atoms with van der Waals surface area (Å²) >= 11 is 8.74. The van der Waals surface area contributed by atoms with Gasteiger partial charge >= 0.3 is 5.97 Å². The van der Waals surface area contributed by atoms with Crippen molar-refractivity contribution in [1.29, 1.82) is 0 Å². The average molecular weight is 557 g/mol. The van der Waals surface area contributed by atoms with E-state index in [4.69, 9.17) is 21.1 Å². The van der Waals surface area contributed by atoms with Gasteiger partial charge in [-0.1, -0.05) is 53.7 Å². The fourth-order valence-electron chi connectivity index (χ4n) is 3.71. The number of thioether (sulfide) groups is 1. The number of halogens is 1. The molecular formula is C26H25ClN4O4S2. The Bertz CT molecular complexity index is 1410. The summed E-state index contributed by atoms with van der Waals surface area (Å²) in [6.07, 6.45) is 0. The fourth-order valence-corrected chi connectivity index (χ4v) is 5.66. The maximum Gasteiger partial charge on any atom is 0.341 e. The number of benzene rings is 2. The van der Waals surface area contributed by atoms with Crippen molar-refractivity contribution in [3.63, 3.8) is 0 Å². The first-order chi connectivity index (χ1) is 18.0. The Morgan fingerprint density at radius 3 is 2.59 bits per heavy atom. The second kappa shape index (κ2) is 12.3. The summed E-state index contributed by atoms with van der Waals surface area (Å²) < 4.78 is 12.6. The average Bonchev–Trinajstić information content (AvgIpc) is 3.52. The number of ether oxygens (including phenoxy) is 2. The van der Waals surface area contributed by atoms with Gasteiger partial charge in [0.1, 0.15) is 16.3 Å². The van der Waals surface area contributed by atoms with Gasteiger partial charge in [-0.05, 0) is 37.6 Å². The summed E-state index contributed by atoms with van der Waals surface area (Å²) in [5.41, 5.74) is 2.66. The summed E-state index contributed by atoms with van der Waals surface area (Å²) in [5.74, 6) is 0.548. The van der Waals surface area contributed by atoms with Crippen molar-refractivity contribution in [1.82, 2.24) is 14.8 Å². The number of esters is 1. The zero-order valence-corrected chi connectivity index (χ0v) is 22.9. The molecule has 0 bridgehead atoms. The molecular weight excluding hydrogens is 532 g/mol. The fraction of sp³-hybridized carbons (Fsp3) is 0.231. The predicted octanol–water partition coefficient (Wildman–Crippen LogP) is 6.26. The maximum atomic E-state index is 12.9. The lowest BCUT2D eigenvalue weighted by molar-refractivity contribution is -0.113. The van der Waals surface area contributed by atoms with Gasteiger partial charge in [-0.25, -0.2) is 4.79 Å². The number of amides is 1. The van der Waals surface area contributed by atoms with Crippen LogP contribution in [0.2, 0.25) is 5.02 Å². The third-order valence-corrected chi connectivity index (χ3v) is 7.47. The normalized spacial score (nSPS) is 10.8. The summed E-state index contributed by atoms with van der Waals surface area (Å²) in [6.45, 7) is 4.54. The van der Waals surface area contributed by atoms with E-state index in [1.165, 1.54) is 23.1 Å². The molecule has 0 fully saturated rings. The second-order valence-corrected chi connectivity index (χ2v) is 9.93. The molecule has 37 heavy (non-hydrogen) atoms. The first-order valence-corrected chi connectivity index (χ1v) is 13.7. The van der Waals surface area contributed by atoms with E-state index in [0.29, 0.717) is 44.4 Å². The molecule has 8 nitrogen and oxygen atoms in total. The van der Waals surface area contributed by atoms with Gasteiger partial charge in [0.2, 0.25) is 5.91 Å². The number of nitrogens with zero attached hydrogens (tertiary/aromatic N) is 3. The van der Waals surface area contributed by atoms with E-state index < -0.39 is 5.97 Å². The number of anilines is 1. The van der Waals surface area contributed by atoms with Gasteiger partial charge in [-0.15, -0.1) is 21.5 Å². The van der Waals surface area contributed by atoms with Crippen molar-refractivity contribution in [3.05, 3.63) is 64.5 Å². The quantitative estimate of drug-likeness (QED) is 0.182. The van der Waals surface area contributed by atoms with Gasteiger partial charge in [-0.2, -0.15) is 0 Å². The van der Waals surface area contributed by atoms with E-state index in [9.17, 15) is 9.59 Å². The molecule has 0 unspecified atom stereocenters. The molecule has 2 aromatic heterocycles. The highest BCUT2D eigenvalue weighted by Gasteiger charge is 2.23. The van der Waals surface area contributed by atoms with Gasteiger partial charge in [0.15, 0.2) is 11.0 Å². The molecule has 1 amide bonds. The number of hydrogen-bond acceptors (Lipinski definition) is 8. The zero-order valence-electron chi connectivity index (χ0n) is 20.5. The predicted molar refractivity (Wildman–Crippen MR) is 148 cm³/mol. The van der Waals surface area contributed by atoms with E-state index in [1.54, 1.807) is 32.2 Å². The number of carbonyl (C=O) groups excluding carboxylic acids is 2. The van der Waals surface area contributed by atoms with Crippen LogP contribution in [-0.4, -0.2) is 46.1 Å². The van der Waals surface area contributed by atoms with Crippen LogP contribution < -0.4 is 10.1 Å². The smallest absolute Gasteiger partial charge is 0.341 e. The van der Waals surface area contributed by atoms with Crippen LogP contribution in [0, 0.1) is 0 Å². The lowest BCUT2D eigenvalue weighted by Gasteiger charge is -2.11. The largest absolute Gasteiger partial charge is 0.496 e. The van der Waals surface area contributed by atoms with Crippen molar-refractivity contribution < 1.29 is 19.1 Å². The van der Waals surface area contributed by atoms with E-state index in [1.807, 2.05) is 47.2 Å². The van der Waals surface area contributed by atoms with Crippen LogP contribution in [0.3, 0.4) is 0 Å². The standard InChI is InChI=1S/C26H25ClN4O4S2/c1-4-31-23(18-13-17(27)11-12-20(18)34-3)29-30-26(31)37-15-21(32)28-24-22(25(33)35-5-2)19(14-36-24)16-9-7-6-8-10-16/h6-14H,4-5,15H2,1-3H3,(H,28,32). The van der Waals surface area contributed by atoms with Gasteiger partial charge in [0, 0.05) is 22.5 Å². The van der Waals surface area contributed by atoms with Crippen LogP contribution in [0.5, 0.6) is 5.75 Å². The maximum absolute atomic E-state index is 12.9. The second-order valence-electron chi connectivity index (χ2n) is 7.67. The molecule has 0 atom stereocenters. The molecule has 0 aliphatic heterocycles. The highest BCUT2D eigenvalue weighted by Crippen LogP contribution is 2.37. The van der Waals surface area contributed by atoms with Gasteiger partial charge in [-0.3, -0.25) is 4.79 Å². The highest BCUT2D eigenvalue weighted by atomic mass is 35.5. The van der Waals surface area contributed by atoms with Gasteiger partial charge in [0.05, 0.1) is 25.0 Å². The van der Waals surface area contributed by atoms with Crippen LogP contribution in [0.1, 0.15) is 24.2 Å². The zero-order chi connectivity index (χ0) is 26.4. The van der Waals surface area contributed by atoms with Crippen LogP contribution in [0.25, 0.3) is 22.5 Å². The van der Waals surface area contributed by atoms with Crippen LogP contribution in [0.4, 0.5) is 5.00 Å². The van der Waals surface area contributed by atoms with E-state index in [2.05, 4.69) is 15.5 Å². The number of rotatable bonds is 10. The molecule has 0 saturated heterocycles. The lowest BCUT2D eigenvalue weighted by atomic mass is 10.0. The Balaban J connectivity index is 1.53. The number of nitrogens with one attached hydrogen (secondary N) is 1. The van der Waals surface area contributed by atoms with Crippen LogP contribution in [-0.2, 0) is 16.1 Å².